The van der Waals surface area contributed by atoms with Crippen LogP contribution in [-0.4, -0.2) is 5.97 Å². The van der Waals surface area contributed by atoms with Gasteiger partial charge in [0, 0.05) is 33.2 Å². The number of allylic oxidation sites excluding steroid dienone is 1. The highest BCUT2D eigenvalue weighted by atomic mass is 35.5. The van der Waals surface area contributed by atoms with Gasteiger partial charge in [0.15, 0.2) is 0 Å². The van der Waals surface area contributed by atoms with Crippen LogP contribution < -0.4 is 15.2 Å². The van der Waals surface area contributed by atoms with Gasteiger partial charge in [-0.15, -0.1) is 0 Å². The van der Waals surface area contributed by atoms with Crippen LogP contribution >= 0.6 is 11.6 Å². The van der Waals surface area contributed by atoms with E-state index in [4.69, 9.17) is 31.2 Å². The molecule has 174 valence electrons. The average molecular weight is 489 g/mol. The molecule has 1 aromatic heterocycles. The lowest BCUT2D eigenvalue weighted by atomic mass is 9.83. The van der Waals surface area contributed by atoms with Gasteiger partial charge < -0.3 is 19.6 Å². The number of rotatable bonds is 3. The van der Waals surface area contributed by atoms with Crippen molar-refractivity contribution < 1.29 is 23.1 Å². The molecule has 2 heterocycles. The third-order valence-corrected chi connectivity index (χ3v) is 6.30. The van der Waals surface area contributed by atoms with Gasteiger partial charge in [-0.25, -0.2) is 9.18 Å². The molecule has 1 aliphatic heterocycles. The van der Waals surface area contributed by atoms with Crippen molar-refractivity contribution in [2.45, 2.75) is 19.8 Å². The average Bonchev–Trinajstić information content (AvgIpc) is 3.14. The van der Waals surface area contributed by atoms with E-state index in [0.29, 0.717) is 16.7 Å². The summed E-state index contributed by atoms with van der Waals surface area (Å²) in [7, 11) is 0. The Labute approximate surface area is 204 Å². The van der Waals surface area contributed by atoms with E-state index in [9.17, 15) is 14.4 Å². The Balaban J connectivity index is 1.52. The monoisotopic (exact) mass is 488 g/mol. The predicted molar refractivity (Wildman–Crippen MR) is 128 cm³/mol. The zero-order valence-corrected chi connectivity index (χ0v) is 19.4. The van der Waals surface area contributed by atoms with Gasteiger partial charge in [0.25, 0.3) is 0 Å². The molecule has 1 aliphatic rings. The standard InChI is InChI=1S/C27H18ClFN2O4/c1-13-6-9-21-17(10-13)14(2)25(34-21)27(32)33-15-7-8-16-22(11-15)35-26(31)18(12-30)23(16)24-19(28)4-3-5-20(24)29/h3-11,23H,31H2,1-2H3. The van der Waals surface area contributed by atoms with Crippen LogP contribution in [0.5, 0.6) is 11.5 Å². The van der Waals surface area contributed by atoms with Gasteiger partial charge in [0.1, 0.15) is 34.5 Å². The Kier molecular flexibility index (Phi) is 5.46. The van der Waals surface area contributed by atoms with E-state index < -0.39 is 17.7 Å². The number of fused-ring (bicyclic) bond motifs is 2. The van der Waals surface area contributed by atoms with Crippen molar-refractivity contribution in [1.29, 1.82) is 5.26 Å². The van der Waals surface area contributed by atoms with E-state index >= 15 is 0 Å². The van der Waals surface area contributed by atoms with Crippen molar-refractivity contribution >= 4 is 28.5 Å². The van der Waals surface area contributed by atoms with Crippen LogP contribution in [0.15, 0.2) is 70.5 Å². The van der Waals surface area contributed by atoms with E-state index in [1.807, 2.05) is 25.1 Å². The second-order valence-corrected chi connectivity index (χ2v) is 8.61. The van der Waals surface area contributed by atoms with Crippen molar-refractivity contribution in [1.82, 2.24) is 0 Å². The number of carbonyl (C=O) groups is 1. The normalized spacial score (nSPS) is 14.9. The van der Waals surface area contributed by atoms with Crippen LogP contribution in [0.1, 0.15) is 38.7 Å². The lowest BCUT2D eigenvalue weighted by Gasteiger charge is -2.27. The number of carbonyl (C=O) groups excluding carboxylic acids is 1. The van der Waals surface area contributed by atoms with Gasteiger partial charge >= 0.3 is 5.97 Å². The van der Waals surface area contributed by atoms with Gasteiger partial charge in [0.2, 0.25) is 11.6 Å². The molecule has 0 amide bonds. The highest BCUT2D eigenvalue weighted by Crippen LogP contribution is 2.46. The van der Waals surface area contributed by atoms with E-state index in [0.717, 1.165) is 10.9 Å². The minimum absolute atomic E-state index is 0.0300. The number of nitrogens with zero attached hydrogens (tertiary/aromatic N) is 1. The van der Waals surface area contributed by atoms with Gasteiger partial charge in [-0.1, -0.05) is 35.4 Å². The minimum atomic E-state index is -0.886. The molecule has 0 radical (unpaired) electrons. The number of esters is 1. The number of aryl methyl sites for hydroxylation is 2. The first-order chi connectivity index (χ1) is 16.8. The lowest BCUT2D eigenvalue weighted by Crippen LogP contribution is -2.22. The zero-order chi connectivity index (χ0) is 24.9. The predicted octanol–water partition coefficient (Wildman–Crippen LogP) is 6.28. The Bertz CT molecular complexity index is 1580. The first kappa shape index (κ1) is 22.5. The fourth-order valence-corrected chi connectivity index (χ4v) is 4.54. The third-order valence-electron chi connectivity index (χ3n) is 5.97. The van der Waals surface area contributed by atoms with Gasteiger partial charge in [-0.05, 0) is 44.2 Å². The van der Waals surface area contributed by atoms with Gasteiger partial charge in [0.05, 0.1) is 5.92 Å². The van der Waals surface area contributed by atoms with Crippen LogP contribution in [-0.2, 0) is 0 Å². The van der Waals surface area contributed by atoms with Crippen LogP contribution in [0.4, 0.5) is 4.39 Å². The summed E-state index contributed by atoms with van der Waals surface area (Å²) >= 11 is 6.29. The van der Waals surface area contributed by atoms with Crippen LogP contribution in [0.3, 0.4) is 0 Å². The number of nitrogens with two attached hydrogens (primary N) is 1. The molecule has 3 aromatic carbocycles. The highest BCUT2D eigenvalue weighted by molar-refractivity contribution is 6.31. The highest BCUT2D eigenvalue weighted by Gasteiger charge is 2.34. The number of hydrogen-bond donors (Lipinski definition) is 1. The maximum absolute atomic E-state index is 14.8. The summed E-state index contributed by atoms with van der Waals surface area (Å²) in [6.07, 6.45) is 0. The van der Waals surface area contributed by atoms with Crippen LogP contribution in [0.25, 0.3) is 11.0 Å². The fourth-order valence-electron chi connectivity index (χ4n) is 4.27. The molecule has 5 rings (SSSR count). The minimum Gasteiger partial charge on any atom is -0.449 e. The molecule has 0 spiro atoms. The van der Waals surface area contributed by atoms with Crippen molar-refractivity contribution in [3.05, 3.63) is 105 Å². The molecule has 1 atom stereocenters. The maximum atomic E-state index is 14.8. The summed E-state index contributed by atoms with van der Waals surface area (Å²) < 4.78 is 31.7. The van der Waals surface area contributed by atoms with Gasteiger partial charge in [-0.3, -0.25) is 0 Å². The molecular weight excluding hydrogens is 471 g/mol. The van der Waals surface area contributed by atoms with Crippen molar-refractivity contribution in [2.24, 2.45) is 5.73 Å². The Morgan fingerprint density at radius 1 is 1.17 bits per heavy atom. The van der Waals surface area contributed by atoms with Crippen molar-refractivity contribution in [3.8, 4) is 17.6 Å². The molecule has 4 aromatic rings. The van der Waals surface area contributed by atoms with Crippen molar-refractivity contribution in [3.63, 3.8) is 0 Å². The summed E-state index contributed by atoms with van der Waals surface area (Å²) in [5, 5.41) is 10.7. The first-order valence-corrected chi connectivity index (χ1v) is 11.0. The third kappa shape index (κ3) is 3.78. The molecule has 1 unspecified atom stereocenters. The molecule has 0 saturated carbocycles. The molecule has 0 bridgehead atoms. The largest absolute Gasteiger partial charge is 0.449 e. The first-order valence-electron chi connectivity index (χ1n) is 10.7. The number of hydrogen-bond acceptors (Lipinski definition) is 6. The van der Waals surface area contributed by atoms with Crippen molar-refractivity contribution in [2.75, 3.05) is 0 Å². The summed E-state index contributed by atoms with van der Waals surface area (Å²) in [5.41, 5.74) is 8.89. The zero-order valence-electron chi connectivity index (χ0n) is 18.7. The Hall–Kier alpha value is -4.28. The lowest BCUT2D eigenvalue weighted by molar-refractivity contribution is 0.0702. The van der Waals surface area contributed by atoms with E-state index in [2.05, 4.69) is 0 Å². The number of nitriles is 1. The number of furan rings is 1. The maximum Gasteiger partial charge on any atom is 0.379 e. The van der Waals surface area contributed by atoms with E-state index in [1.54, 1.807) is 19.1 Å². The number of halogens is 2. The summed E-state index contributed by atoms with van der Waals surface area (Å²) in [6.45, 7) is 3.74. The molecule has 2 N–H and O–H groups in total. The quantitative estimate of drug-likeness (QED) is 0.269. The summed E-state index contributed by atoms with van der Waals surface area (Å²) in [6, 6.07) is 16.5. The topological polar surface area (TPSA) is 98.5 Å². The van der Waals surface area contributed by atoms with E-state index in [-0.39, 0.29) is 39.3 Å². The molecule has 0 aliphatic carbocycles. The smallest absolute Gasteiger partial charge is 0.379 e. The number of benzene rings is 3. The fraction of sp³-hybridized carbons (Fsp3) is 0.111. The molecule has 6 nitrogen and oxygen atoms in total. The molecule has 8 heteroatoms. The Morgan fingerprint density at radius 2 is 1.97 bits per heavy atom. The molecule has 0 saturated heterocycles. The van der Waals surface area contributed by atoms with Gasteiger partial charge in [-0.2, -0.15) is 5.26 Å². The second kappa shape index (κ2) is 8.49. The summed E-state index contributed by atoms with van der Waals surface area (Å²) in [5.74, 6) is -1.86. The Morgan fingerprint density at radius 3 is 2.71 bits per heavy atom. The molecule has 0 fully saturated rings. The second-order valence-electron chi connectivity index (χ2n) is 8.21. The van der Waals surface area contributed by atoms with Crippen LogP contribution in [0.2, 0.25) is 5.02 Å². The molecular formula is C27H18ClFN2O4. The van der Waals surface area contributed by atoms with Crippen LogP contribution in [0, 0.1) is 31.0 Å². The number of ether oxygens (including phenoxy) is 2. The summed E-state index contributed by atoms with van der Waals surface area (Å²) in [4.78, 5) is 12.9. The SMILES string of the molecule is Cc1ccc2oc(C(=O)Oc3ccc4c(c3)OC(N)=C(C#N)C4c3c(F)cccc3Cl)c(C)c2c1. The molecule has 35 heavy (non-hydrogen) atoms. The van der Waals surface area contributed by atoms with E-state index in [1.165, 1.54) is 30.3 Å².